The van der Waals surface area contributed by atoms with E-state index in [0.717, 1.165) is 5.06 Å². The zero-order valence-corrected chi connectivity index (χ0v) is 17.8. The number of hydrogen-bond acceptors (Lipinski definition) is 6. The van der Waals surface area contributed by atoms with Gasteiger partial charge >= 0.3 is 0 Å². The van der Waals surface area contributed by atoms with Crippen LogP contribution in [0.25, 0.3) is 0 Å². The molecule has 1 aliphatic rings. The maximum absolute atomic E-state index is 14.8. The Morgan fingerprint density at radius 1 is 1.48 bits per heavy atom. The molecule has 1 atom stereocenters. The lowest BCUT2D eigenvalue weighted by Gasteiger charge is -2.29. The predicted octanol–water partition coefficient (Wildman–Crippen LogP) is 1.37. The number of rotatable bonds is 7. The van der Waals surface area contributed by atoms with Gasteiger partial charge in [0.15, 0.2) is 0 Å². The minimum Gasteiger partial charge on any atom is -0.394 e. The van der Waals surface area contributed by atoms with Crippen molar-refractivity contribution >= 4 is 39.9 Å². The van der Waals surface area contributed by atoms with Crippen molar-refractivity contribution in [3.8, 4) is 0 Å². The van der Waals surface area contributed by atoms with E-state index in [1.165, 1.54) is 23.6 Å². The molecule has 0 unspecified atom stereocenters. The number of aliphatic hydroxyl groups is 2. The molecule has 8 nitrogen and oxygen atoms in total. The molecular formula is C19H21FIN3O5. The van der Waals surface area contributed by atoms with Gasteiger partial charge in [-0.15, -0.1) is 0 Å². The number of fused-ring (bicyclic) bond motifs is 1. The lowest BCUT2D eigenvalue weighted by atomic mass is 10.0. The molecule has 1 aromatic heterocycles. The summed E-state index contributed by atoms with van der Waals surface area (Å²) < 4.78 is 16.9. The summed E-state index contributed by atoms with van der Waals surface area (Å²) in [5.74, 6) is -1.42. The van der Waals surface area contributed by atoms with Crippen LogP contribution in [0.5, 0.6) is 0 Å². The van der Waals surface area contributed by atoms with Gasteiger partial charge in [0.05, 0.1) is 17.9 Å². The molecule has 4 N–H and O–H groups in total. The molecule has 0 fully saturated rings. The lowest BCUT2D eigenvalue weighted by Crippen LogP contribution is -2.34. The molecule has 0 aliphatic carbocycles. The lowest BCUT2D eigenvalue weighted by molar-refractivity contribution is 0.00552. The van der Waals surface area contributed by atoms with Crippen molar-refractivity contribution in [2.75, 3.05) is 18.3 Å². The van der Waals surface area contributed by atoms with Crippen molar-refractivity contribution in [3.63, 3.8) is 0 Å². The van der Waals surface area contributed by atoms with Gasteiger partial charge in [-0.2, -0.15) is 0 Å². The first-order valence-electron chi connectivity index (χ1n) is 8.99. The standard InChI is InChI=1S/C19H21FIN3O5/c1-10-17(16(18(22)27)15-3-2-6-23(15)19(10)28)24(29-9-12(26)8-25)14-5-4-11(21)7-13(14)20/h4-5,7,12,25-26H,2-3,6,8-9H2,1H3,(H2,22,27)/t12-/m0/s1. The van der Waals surface area contributed by atoms with Crippen molar-refractivity contribution in [1.29, 1.82) is 0 Å². The highest BCUT2D eigenvalue weighted by molar-refractivity contribution is 14.1. The van der Waals surface area contributed by atoms with E-state index in [9.17, 15) is 19.1 Å². The monoisotopic (exact) mass is 517 g/mol. The third kappa shape index (κ3) is 4.15. The number of halogens is 2. The molecule has 0 saturated carbocycles. The van der Waals surface area contributed by atoms with Crippen LogP contribution in [0.3, 0.4) is 0 Å². The van der Waals surface area contributed by atoms with Crippen LogP contribution in [0.2, 0.25) is 0 Å². The Morgan fingerprint density at radius 2 is 2.21 bits per heavy atom. The average molecular weight is 517 g/mol. The first-order chi connectivity index (χ1) is 13.8. The number of hydrogen-bond donors (Lipinski definition) is 3. The molecule has 0 saturated heterocycles. The van der Waals surface area contributed by atoms with Crippen LogP contribution in [-0.2, 0) is 17.8 Å². The number of carbonyl (C=O) groups is 1. The van der Waals surface area contributed by atoms with E-state index in [-0.39, 0.29) is 28.1 Å². The van der Waals surface area contributed by atoms with Crippen LogP contribution in [0.15, 0.2) is 23.0 Å². The summed E-state index contributed by atoms with van der Waals surface area (Å²) >= 11 is 1.95. The van der Waals surface area contributed by atoms with E-state index in [4.69, 9.17) is 15.7 Å². The van der Waals surface area contributed by atoms with Crippen molar-refractivity contribution in [3.05, 3.63) is 54.8 Å². The average Bonchev–Trinajstić information content (AvgIpc) is 3.15. The fourth-order valence-corrected chi connectivity index (χ4v) is 3.87. The highest BCUT2D eigenvalue weighted by atomic mass is 127. The highest BCUT2D eigenvalue weighted by Gasteiger charge is 2.31. The van der Waals surface area contributed by atoms with Crippen LogP contribution < -0.4 is 16.4 Å². The second-order valence-corrected chi connectivity index (χ2v) is 7.99. The van der Waals surface area contributed by atoms with Crippen LogP contribution in [-0.4, -0.2) is 40.0 Å². The van der Waals surface area contributed by atoms with E-state index in [2.05, 4.69) is 0 Å². The predicted molar refractivity (Wildman–Crippen MR) is 113 cm³/mol. The van der Waals surface area contributed by atoms with Gasteiger partial charge in [-0.25, -0.2) is 9.45 Å². The van der Waals surface area contributed by atoms with E-state index >= 15 is 0 Å². The Morgan fingerprint density at radius 3 is 2.83 bits per heavy atom. The first-order valence-corrected chi connectivity index (χ1v) is 10.1. The van der Waals surface area contributed by atoms with E-state index in [1.54, 1.807) is 6.07 Å². The summed E-state index contributed by atoms with van der Waals surface area (Å²) in [5, 5.41) is 19.8. The molecule has 0 bridgehead atoms. The van der Waals surface area contributed by atoms with Crippen molar-refractivity contribution in [2.24, 2.45) is 5.73 Å². The highest BCUT2D eigenvalue weighted by Crippen LogP contribution is 2.36. The van der Waals surface area contributed by atoms with Gasteiger partial charge in [0.25, 0.3) is 11.5 Å². The number of pyridine rings is 1. The number of nitrogens with zero attached hydrogens (tertiary/aromatic N) is 2. The molecule has 0 spiro atoms. The van der Waals surface area contributed by atoms with Gasteiger partial charge in [-0.1, -0.05) is 0 Å². The maximum atomic E-state index is 14.8. The second-order valence-electron chi connectivity index (χ2n) is 6.74. The normalized spacial score (nSPS) is 14.0. The zero-order valence-electron chi connectivity index (χ0n) is 15.7. The fourth-order valence-electron chi connectivity index (χ4n) is 3.41. The van der Waals surface area contributed by atoms with Gasteiger partial charge in [-0.3, -0.25) is 14.4 Å². The van der Waals surface area contributed by atoms with Gasteiger partial charge in [0.1, 0.15) is 24.2 Å². The molecule has 0 radical (unpaired) electrons. The van der Waals surface area contributed by atoms with Gasteiger partial charge < -0.3 is 20.5 Å². The largest absolute Gasteiger partial charge is 0.394 e. The van der Waals surface area contributed by atoms with Crippen molar-refractivity contribution in [2.45, 2.75) is 32.4 Å². The summed E-state index contributed by atoms with van der Waals surface area (Å²) in [6.45, 7) is 1.02. The number of nitrogens with two attached hydrogens (primary N) is 1. The summed E-state index contributed by atoms with van der Waals surface area (Å²) in [5.41, 5.74) is 6.04. The number of aromatic nitrogens is 1. The molecule has 2 heterocycles. The maximum Gasteiger partial charge on any atom is 0.255 e. The molecule has 29 heavy (non-hydrogen) atoms. The SMILES string of the molecule is Cc1c(N(OC[C@@H](O)CO)c2ccc(I)cc2F)c(C(N)=O)c2n(c1=O)CCC2. The number of anilines is 2. The molecule has 1 amide bonds. The summed E-state index contributed by atoms with van der Waals surface area (Å²) in [7, 11) is 0. The Kier molecular flexibility index (Phi) is 6.56. The first kappa shape index (κ1) is 21.7. The third-order valence-electron chi connectivity index (χ3n) is 4.75. The van der Waals surface area contributed by atoms with Crippen molar-refractivity contribution < 1.29 is 24.2 Å². The van der Waals surface area contributed by atoms with Crippen LogP contribution in [0.1, 0.15) is 28.0 Å². The Bertz CT molecular complexity index is 1010. The van der Waals surface area contributed by atoms with Crippen molar-refractivity contribution in [1.82, 2.24) is 4.57 Å². The molecule has 2 aromatic rings. The fraction of sp³-hybridized carbons (Fsp3) is 0.368. The van der Waals surface area contributed by atoms with E-state index in [0.29, 0.717) is 28.7 Å². The number of carbonyl (C=O) groups excluding carboxylic acids is 1. The second kappa shape index (κ2) is 8.78. The molecule has 1 aliphatic heterocycles. The summed E-state index contributed by atoms with van der Waals surface area (Å²) in [6, 6.07) is 4.35. The Balaban J connectivity index is 2.26. The minimum absolute atomic E-state index is 0.0425. The third-order valence-corrected chi connectivity index (χ3v) is 5.42. The number of benzene rings is 1. The van der Waals surface area contributed by atoms with E-state index in [1.807, 2.05) is 22.6 Å². The van der Waals surface area contributed by atoms with Gasteiger partial charge in [-0.05, 0) is 60.6 Å². The Labute approximate surface area is 179 Å². The van der Waals surface area contributed by atoms with E-state index < -0.39 is 31.0 Å². The molecule has 1 aromatic carbocycles. The number of amides is 1. The van der Waals surface area contributed by atoms with Gasteiger partial charge in [0.2, 0.25) is 0 Å². The van der Waals surface area contributed by atoms with Crippen LogP contribution in [0.4, 0.5) is 15.8 Å². The quantitative estimate of drug-likeness (QED) is 0.378. The van der Waals surface area contributed by atoms with Crippen LogP contribution in [0, 0.1) is 16.3 Å². The zero-order chi connectivity index (χ0) is 21.3. The van der Waals surface area contributed by atoms with Gasteiger partial charge in [0, 0.05) is 21.4 Å². The Hall–Kier alpha value is -2.02. The number of aliphatic hydroxyl groups excluding tert-OH is 2. The van der Waals surface area contributed by atoms with Crippen LogP contribution >= 0.6 is 22.6 Å². The molecular weight excluding hydrogens is 496 g/mol. The minimum atomic E-state index is -1.24. The molecule has 10 heteroatoms. The summed E-state index contributed by atoms with van der Waals surface area (Å²) in [6.07, 6.45) is -0.0824. The summed E-state index contributed by atoms with van der Waals surface area (Å²) in [4.78, 5) is 30.8. The molecule has 3 rings (SSSR count). The number of primary amides is 1. The molecule has 156 valence electrons. The topological polar surface area (TPSA) is 118 Å². The smallest absolute Gasteiger partial charge is 0.255 e.